The van der Waals surface area contributed by atoms with Crippen molar-refractivity contribution in [2.24, 2.45) is 5.10 Å². The van der Waals surface area contributed by atoms with Crippen LogP contribution in [0.5, 0.6) is 11.5 Å². The standard InChI is InChI=1S/C18H19BrN2O3/c1-12-4-9-17(16(19)10-12)24-11-18(22)21-20-13(2)14-5-7-15(23-3)8-6-14/h4-10H,11H2,1-3H3,(H,21,22)/b20-13+. The minimum absolute atomic E-state index is 0.110. The van der Waals surface area contributed by atoms with Gasteiger partial charge < -0.3 is 9.47 Å². The molecule has 24 heavy (non-hydrogen) atoms. The Labute approximate surface area is 149 Å². The maximum atomic E-state index is 11.9. The van der Waals surface area contributed by atoms with Gasteiger partial charge in [0.1, 0.15) is 11.5 Å². The molecule has 0 bridgehead atoms. The fourth-order valence-corrected chi connectivity index (χ4v) is 2.55. The Morgan fingerprint density at radius 1 is 1.21 bits per heavy atom. The molecular formula is C18H19BrN2O3. The first-order valence-corrected chi connectivity index (χ1v) is 8.15. The van der Waals surface area contributed by atoms with E-state index in [1.54, 1.807) is 7.11 Å². The molecule has 0 spiro atoms. The van der Waals surface area contributed by atoms with Crippen molar-refractivity contribution in [1.29, 1.82) is 0 Å². The van der Waals surface area contributed by atoms with Gasteiger partial charge >= 0.3 is 0 Å². The smallest absolute Gasteiger partial charge is 0.277 e. The summed E-state index contributed by atoms with van der Waals surface area (Å²) in [6, 6.07) is 13.1. The van der Waals surface area contributed by atoms with E-state index >= 15 is 0 Å². The largest absolute Gasteiger partial charge is 0.497 e. The number of carbonyl (C=O) groups excluding carboxylic acids is 1. The number of nitrogens with zero attached hydrogens (tertiary/aromatic N) is 1. The average molecular weight is 391 g/mol. The predicted molar refractivity (Wildman–Crippen MR) is 97.7 cm³/mol. The number of halogens is 1. The fourth-order valence-electron chi connectivity index (χ4n) is 1.94. The molecule has 0 aliphatic carbocycles. The number of aryl methyl sites for hydroxylation is 1. The number of carbonyl (C=O) groups is 1. The number of hydrogen-bond donors (Lipinski definition) is 1. The van der Waals surface area contributed by atoms with Crippen LogP contribution < -0.4 is 14.9 Å². The first-order chi connectivity index (χ1) is 11.5. The van der Waals surface area contributed by atoms with Gasteiger partial charge in [-0.1, -0.05) is 6.07 Å². The first-order valence-electron chi connectivity index (χ1n) is 7.36. The van der Waals surface area contributed by atoms with Crippen molar-refractivity contribution >= 4 is 27.5 Å². The molecule has 1 N–H and O–H groups in total. The highest BCUT2D eigenvalue weighted by Gasteiger charge is 2.06. The van der Waals surface area contributed by atoms with Crippen LogP contribution in [-0.4, -0.2) is 25.3 Å². The maximum Gasteiger partial charge on any atom is 0.277 e. The molecule has 2 aromatic rings. The second-order valence-electron chi connectivity index (χ2n) is 5.18. The van der Waals surface area contributed by atoms with Gasteiger partial charge in [0, 0.05) is 0 Å². The van der Waals surface area contributed by atoms with Crippen molar-refractivity contribution in [1.82, 2.24) is 5.43 Å². The number of hydrogen-bond acceptors (Lipinski definition) is 4. The summed E-state index contributed by atoms with van der Waals surface area (Å²) >= 11 is 3.41. The van der Waals surface area contributed by atoms with Crippen molar-refractivity contribution in [3.63, 3.8) is 0 Å². The topological polar surface area (TPSA) is 59.9 Å². The van der Waals surface area contributed by atoms with E-state index in [9.17, 15) is 4.79 Å². The summed E-state index contributed by atoms with van der Waals surface area (Å²) < 4.78 is 11.4. The van der Waals surface area contributed by atoms with Crippen LogP contribution in [0.2, 0.25) is 0 Å². The normalized spacial score (nSPS) is 11.1. The Kier molecular flexibility index (Phi) is 6.37. The van der Waals surface area contributed by atoms with Crippen LogP contribution in [-0.2, 0) is 4.79 Å². The van der Waals surface area contributed by atoms with E-state index in [4.69, 9.17) is 9.47 Å². The van der Waals surface area contributed by atoms with Gasteiger partial charge in [-0.2, -0.15) is 5.10 Å². The number of hydrazone groups is 1. The van der Waals surface area contributed by atoms with Crippen LogP contribution in [0.3, 0.4) is 0 Å². The van der Waals surface area contributed by atoms with E-state index < -0.39 is 0 Å². The molecule has 0 saturated carbocycles. The highest BCUT2D eigenvalue weighted by atomic mass is 79.9. The minimum Gasteiger partial charge on any atom is -0.497 e. The molecule has 0 unspecified atom stereocenters. The summed E-state index contributed by atoms with van der Waals surface area (Å²) in [4.78, 5) is 11.9. The Bertz CT molecular complexity index is 742. The van der Waals surface area contributed by atoms with E-state index in [1.807, 2.05) is 56.3 Å². The third-order valence-corrected chi connectivity index (χ3v) is 3.92. The van der Waals surface area contributed by atoms with Crippen molar-refractivity contribution in [3.8, 4) is 11.5 Å². The van der Waals surface area contributed by atoms with E-state index in [1.165, 1.54) is 0 Å². The monoisotopic (exact) mass is 390 g/mol. The third-order valence-electron chi connectivity index (χ3n) is 3.30. The summed E-state index contributed by atoms with van der Waals surface area (Å²) in [5.41, 5.74) is 5.20. The zero-order chi connectivity index (χ0) is 17.5. The molecule has 2 rings (SSSR count). The lowest BCUT2D eigenvalue weighted by Gasteiger charge is -2.08. The summed E-state index contributed by atoms with van der Waals surface area (Å²) in [5.74, 6) is 1.06. The van der Waals surface area contributed by atoms with Crippen molar-refractivity contribution in [2.75, 3.05) is 13.7 Å². The van der Waals surface area contributed by atoms with Gasteiger partial charge in [0.2, 0.25) is 0 Å². The van der Waals surface area contributed by atoms with Crippen LogP contribution in [0, 0.1) is 6.92 Å². The summed E-state index contributed by atoms with van der Waals surface area (Å²) in [7, 11) is 1.61. The van der Waals surface area contributed by atoms with E-state index in [0.717, 1.165) is 21.3 Å². The van der Waals surface area contributed by atoms with Crippen molar-refractivity contribution in [3.05, 3.63) is 58.1 Å². The number of ether oxygens (including phenoxy) is 2. The second-order valence-corrected chi connectivity index (χ2v) is 6.04. The lowest BCUT2D eigenvalue weighted by molar-refractivity contribution is -0.123. The molecule has 5 nitrogen and oxygen atoms in total. The average Bonchev–Trinajstić information content (AvgIpc) is 2.59. The van der Waals surface area contributed by atoms with E-state index in [0.29, 0.717) is 11.5 Å². The zero-order valence-corrected chi connectivity index (χ0v) is 15.4. The second kappa shape index (κ2) is 8.49. The lowest BCUT2D eigenvalue weighted by Crippen LogP contribution is -2.25. The summed E-state index contributed by atoms with van der Waals surface area (Å²) in [6.45, 7) is 3.69. The third kappa shape index (κ3) is 5.09. The highest BCUT2D eigenvalue weighted by Crippen LogP contribution is 2.25. The molecule has 0 aromatic heterocycles. The molecule has 1 amide bonds. The molecule has 0 aliphatic heterocycles. The summed E-state index contributed by atoms with van der Waals surface area (Å²) in [6.07, 6.45) is 0. The summed E-state index contributed by atoms with van der Waals surface area (Å²) in [5, 5.41) is 4.08. The van der Waals surface area contributed by atoms with Gasteiger partial charge in [0.25, 0.3) is 5.91 Å². The first kappa shape index (κ1) is 18.0. The number of benzene rings is 2. The van der Waals surface area contributed by atoms with Gasteiger partial charge in [-0.25, -0.2) is 5.43 Å². The van der Waals surface area contributed by atoms with E-state index in [2.05, 4.69) is 26.5 Å². The predicted octanol–water partition coefficient (Wildman–Crippen LogP) is 3.69. The lowest BCUT2D eigenvalue weighted by atomic mass is 10.1. The van der Waals surface area contributed by atoms with E-state index in [-0.39, 0.29) is 12.5 Å². The molecule has 2 aromatic carbocycles. The molecule has 0 fully saturated rings. The van der Waals surface area contributed by atoms with Gasteiger partial charge in [0.05, 0.1) is 17.3 Å². The Hall–Kier alpha value is -2.34. The number of rotatable bonds is 6. The Morgan fingerprint density at radius 3 is 2.54 bits per heavy atom. The highest BCUT2D eigenvalue weighted by molar-refractivity contribution is 9.10. The maximum absolute atomic E-state index is 11.9. The van der Waals surface area contributed by atoms with Gasteiger partial charge in [0.15, 0.2) is 6.61 Å². The molecule has 0 radical (unpaired) electrons. The Morgan fingerprint density at radius 2 is 1.92 bits per heavy atom. The number of amides is 1. The molecule has 6 heteroatoms. The van der Waals surface area contributed by atoms with Crippen LogP contribution in [0.4, 0.5) is 0 Å². The Balaban J connectivity index is 1.89. The van der Waals surface area contributed by atoms with Crippen LogP contribution >= 0.6 is 15.9 Å². The van der Waals surface area contributed by atoms with Gasteiger partial charge in [-0.15, -0.1) is 0 Å². The molecule has 0 saturated heterocycles. The zero-order valence-electron chi connectivity index (χ0n) is 13.8. The molecule has 0 heterocycles. The quantitative estimate of drug-likeness (QED) is 0.604. The van der Waals surface area contributed by atoms with Crippen molar-refractivity contribution < 1.29 is 14.3 Å². The van der Waals surface area contributed by atoms with Crippen LogP contribution in [0.15, 0.2) is 52.0 Å². The molecule has 126 valence electrons. The van der Waals surface area contributed by atoms with Crippen LogP contribution in [0.25, 0.3) is 0 Å². The fraction of sp³-hybridized carbons (Fsp3) is 0.222. The van der Waals surface area contributed by atoms with Crippen LogP contribution in [0.1, 0.15) is 18.1 Å². The molecule has 0 aliphatic rings. The van der Waals surface area contributed by atoms with Gasteiger partial charge in [-0.3, -0.25) is 4.79 Å². The number of methoxy groups -OCH3 is 1. The molecule has 0 atom stereocenters. The molecular weight excluding hydrogens is 372 g/mol. The van der Waals surface area contributed by atoms with Crippen molar-refractivity contribution in [2.45, 2.75) is 13.8 Å². The SMILES string of the molecule is COc1ccc(/C(C)=N/NC(=O)COc2ccc(C)cc2Br)cc1. The minimum atomic E-state index is -0.324. The van der Waals surface area contributed by atoms with Gasteiger partial charge in [-0.05, 0) is 77.3 Å². The number of nitrogens with one attached hydrogen (secondary N) is 1.